The van der Waals surface area contributed by atoms with Gasteiger partial charge in [0.05, 0.1) is 16.7 Å². The van der Waals surface area contributed by atoms with Crippen LogP contribution < -0.4 is 11.1 Å². The molecule has 0 amide bonds. The molecular formula is C12H14BrFN4. The van der Waals surface area contributed by atoms with Crippen molar-refractivity contribution in [3.63, 3.8) is 0 Å². The van der Waals surface area contributed by atoms with E-state index in [2.05, 4.69) is 26.3 Å². The number of hydrogen-bond acceptors (Lipinski definition) is 3. The van der Waals surface area contributed by atoms with E-state index in [1.807, 2.05) is 13.2 Å². The van der Waals surface area contributed by atoms with Gasteiger partial charge in [-0.3, -0.25) is 4.68 Å². The molecule has 1 aromatic heterocycles. The molecule has 0 aliphatic rings. The summed E-state index contributed by atoms with van der Waals surface area (Å²) in [5.74, 6) is -0.286. The topological polar surface area (TPSA) is 55.9 Å². The second-order valence-corrected chi connectivity index (χ2v) is 4.86. The van der Waals surface area contributed by atoms with Gasteiger partial charge in [0, 0.05) is 31.0 Å². The van der Waals surface area contributed by atoms with E-state index in [4.69, 9.17) is 5.73 Å². The molecule has 0 aliphatic heterocycles. The van der Waals surface area contributed by atoms with Gasteiger partial charge in [-0.1, -0.05) is 0 Å². The Hall–Kier alpha value is -1.40. The van der Waals surface area contributed by atoms with Crippen LogP contribution in [0.4, 0.5) is 10.1 Å². The molecule has 0 radical (unpaired) electrons. The Bertz CT molecular complexity index is 541. The van der Waals surface area contributed by atoms with E-state index in [0.717, 1.165) is 11.3 Å². The minimum Gasteiger partial charge on any atom is -0.377 e. The van der Waals surface area contributed by atoms with Gasteiger partial charge < -0.3 is 11.1 Å². The Labute approximate surface area is 113 Å². The number of nitrogens with two attached hydrogens (primary N) is 1. The highest BCUT2D eigenvalue weighted by Crippen LogP contribution is 2.23. The fourth-order valence-corrected chi connectivity index (χ4v) is 2.06. The quantitative estimate of drug-likeness (QED) is 0.911. The lowest BCUT2D eigenvalue weighted by molar-refractivity contribution is 0.621. The van der Waals surface area contributed by atoms with Crippen LogP contribution in [0.15, 0.2) is 35.1 Å². The minimum atomic E-state index is -0.286. The van der Waals surface area contributed by atoms with Crippen LogP contribution >= 0.6 is 15.9 Å². The zero-order chi connectivity index (χ0) is 13.1. The molecule has 0 spiro atoms. The number of nitrogens with one attached hydrogen (secondary N) is 1. The molecule has 6 heteroatoms. The maximum absolute atomic E-state index is 13.1. The van der Waals surface area contributed by atoms with Gasteiger partial charge in [-0.25, -0.2) is 4.39 Å². The molecule has 2 aromatic rings. The van der Waals surface area contributed by atoms with Gasteiger partial charge in [-0.2, -0.15) is 5.10 Å². The van der Waals surface area contributed by atoms with Crippen molar-refractivity contribution in [2.45, 2.75) is 6.04 Å². The molecule has 2 rings (SSSR count). The zero-order valence-corrected chi connectivity index (χ0v) is 11.5. The van der Waals surface area contributed by atoms with Crippen molar-refractivity contribution < 1.29 is 4.39 Å². The van der Waals surface area contributed by atoms with Crippen molar-refractivity contribution in [2.24, 2.45) is 12.8 Å². The van der Waals surface area contributed by atoms with Crippen molar-refractivity contribution in [2.75, 3.05) is 11.9 Å². The van der Waals surface area contributed by atoms with Gasteiger partial charge in [-0.15, -0.1) is 0 Å². The highest BCUT2D eigenvalue weighted by Gasteiger charge is 2.12. The van der Waals surface area contributed by atoms with Crippen molar-refractivity contribution in [3.8, 4) is 0 Å². The highest BCUT2D eigenvalue weighted by atomic mass is 79.9. The molecule has 4 nitrogen and oxygen atoms in total. The van der Waals surface area contributed by atoms with Crippen LogP contribution in [0, 0.1) is 5.82 Å². The number of rotatable bonds is 4. The first-order valence-corrected chi connectivity index (χ1v) is 6.29. The van der Waals surface area contributed by atoms with Crippen molar-refractivity contribution in [1.29, 1.82) is 0 Å². The molecule has 0 saturated carbocycles. The maximum atomic E-state index is 13.1. The summed E-state index contributed by atoms with van der Waals surface area (Å²) >= 11 is 3.16. The van der Waals surface area contributed by atoms with Crippen molar-refractivity contribution >= 4 is 21.6 Å². The molecule has 1 unspecified atom stereocenters. The first kappa shape index (κ1) is 13.0. The third-order valence-corrected chi connectivity index (χ3v) is 3.23. The van der Waals surface area contributed by atoms with Gasteiger partial charge in [-0.05, 0) is 34.1 Å². The number of halogens is 2. The van der Waals surface area contributed by atoms with Crippen LogP contribution in [-0.2, 0) is 7.05 Å². The first-order valence-electron chi connectivity index (χ1n) is 5.50. The molecule has 0 fully saturated rings. The summed E-state index contributed by atoms with van der Waals surface area (Å²) in [7, 11) is 1.85. The summed E-state index contributed by atoms with van der Waals surface area (Å²) in [6.45, 7) is 0.431. The van der Waals surface area contributed by atoms with Gasteiger partial charge in [0.15, 0.2) is 0 Å². The number of aryl methyl sites for hydroxylation is 1. The third-order valence-electron chi connectivity index (χ3n) is 2.62. The molecular weight excluding hydrogens is 299 g/mol. The lowest BCUT2D eigenvalue weighted by atomic mass is 10.1. The average molecular weight is 313 g/mol. The third kappa shape index (κ3) is 2.88. The molecule has 1 atom stereocenters. The van der Waals surface area contributed by atoms with Crippen LogP contribution in [0.1, 0.15) is 11.6 Å². The molecule has 18 heavy (non-hydrogen) atoms. The lowest BCUT2D eigenvalue weighted by Crippen LogP contribution is -2.20. The molecule has 0 saturated heterocycles. The van der Waals surface area contributed by atoms with E-state index < -0.39 is 0 Å². The Morgan fingerprint density at radius 1 is 1.56 bits per heavy atom. The summed E-state index contributed by atoms with van der Waals surface area (Å²) in [4.78, 5) is 0. The second-order valence-electron chi connectivity index (χ2n) is 4.01. The van der Waals surface area contributed by atoms with E-state index >= 15 is 0 Å². The van der Waals surface area contributed by atoms with Crippen molar-refractivity contribution in [3.05, 3.63) is 46.4 Å². The smallest absolute Gasteiger partial charge is 0.137 e. The van der Waals surface area contributed by atoms with Crippen LogP contribution in [0.5, 0.6) is 0 Å². The van der Waals surface area contributed by atoms with E-state index in [1.54, 1.807) is 23.0 Å². The van der Waals surface area contributed by atoms with E-state index in [9.17, 15) is 4.39 Å². The summed E-state index contributed by atoms with van der Waals surface area (Å²) in [5.41, 5.74) is 7.55. The zero-order valence-electron chi connectivity index (χ0n) is 9.90. The lowest BCUT2D eigenvalue weighted by Gasteiger charge is -2.17. The average Bonchev–Trinajstić information content (AvgIpc) is 2.77. The molecule has 1 heterocycles. The second kappa shape index (κ2) is 5.49. The number of anilines is 1. The Balaban J connectivity index is 2.17. The Morgan fingerprint density at radius 2 is 2.33 bits per heavy atom. The predicted octanol–water partition coefficient (Wildman–Crippen LogP) is 2.43. The number of aromatic nitrogens is 2. The molecule has 3 N–H and O–H groups in total. The Kier molecular flexibility index (Phi) is 3.98. The maximum Gasteiger partial charge on any atom is 0.137 e. The fourth-order valence-electron chi connectivity index (χ4n) is 1.69. The SMILES string of the molecule is Cn1cc(C(CN)Nc2ccc(F)c(Br)c2)cn1. The molecule has 96 valence electrons. The summed E-state index contributed by atoms with van der Waals surface area (Å²) < 4.78 is 15.3. The number of benzene rings is 1. The molecule has 1 aromatic carbocycles. The minimum absolute atomic E-state index is 0.0453. The van der Waals surface area contributed by atoms with Gasteiger partial charge in [0.1, 0.15) is 5.82 Å². The van der Waals surface area contributed by atoms with E-state index in [0.29, 0.717) is 11.0 Å². The monoisotopic (exact) mass is 312 g/mol. The van der Waals surface area contributed by atoms with Gasteiger partial charge in [0.25, 0.3) is 0 Å². The van der Waals surface area contributed by atoms with Gasteiger partial charge >= 0.3 is 0 Å². The normalized spacial score (nSPS) is 12.4. The van der Waals surface area contributed by atoms with Crippen LogP contribution in [0.25, 0.3) is 0 Å². The van der Waals surface area contributed by atoms with Crippen LogP contribution in [0.2, 0.25) is 0 Å². The van der Waals surface area contributed by atoms with Crippen LogP contribution in [-0.4, -0.2) is 16.3 Å². The van der Waals surface area contributed by atoms with E-state index in [-0.39, 0.29) is 11.9 Å². The predicted molar refractivity (Wildman–Crippen MR) is 72.7 cm³/mol. The number of nitrogens with zero attached hydrogens (tertiary/aromatic N) is 2. The summed E-state index contributed by atoms with van der Waals surface area (Å²) in [5, 5.41) is 7.36. The fraction of sp³-hybridized carbons (Fsp3) is 0.250. The summed E-state index contributed by atoms with van der Waals surface area (Å²) in [6, 6.07) is 4.73. The molecule has 0 bridgehead atoms. The largest absolute Gasteiger partial charge is 0.377 e. The van der Waals surface area contributed by atoms with Crippen LogP contribution in [0.3, 0.4) is 0 Å². The Morgan fingerprint density at radius 3 is 2.89 bits per heavy atom. The van der Waals surface area contributed by atoms with Gasteiger partial charge in [0.2, 0.25) is 0 Å². The van der Waals surface area contributed by atoms with Crippen molar-refractivity contribution in [1.82, 2.24) is 9.78 Å². The molecule has 0 aliphatic carbocycles. The standard InChI is InChI=1S/C12H14BrFN4/c1-18-7-8(6-16-18)12(5-15)17-9-2-3-11(14)10(13)4-9/h2-4,6-7,12,17H,5,15H2,1H3. The highest BCUT2D eigenvalue weighted by molar-refractivity contribution is 9.10. The summed E-state index contributed by atoms with van der Waals surface area (Å²) in [6.07, 6.45) is 3.67. The first-order chi connectivity index (χ1) is 8.60. The van der Waals surface area contributed by atoms with E-state index in [1.165, 1.54) is 6.07 Å². The number of hydrogen-bond donors (Lipinski definition) is 2.